The molecule has 0 bridgehead atoms. The van der Waals surface area contributed by atoms with E-state index in [9.17, 15) is 4.79 Å². The van der Waals surface area contributed by atoms with Gasteiger partial charge in [0.15, 0.2) is 0 Å². The number of ether oxygens (including phenoxy) is 2. The Morgan fingerprint density at radius 3 is 3.21 bits per heavy atom. The van der Waals surface area contributed by atoms with Crippen LogP contribution < -0.4 is 15.4 Å². The van der Waals surface area contributed by atoms with E-state index in [2.05, 4.69) is 15.6 Å². The van der Waals surface area contributed by atoms with Crippen molar-refractivity contribution in [1.82, 2.24) is 10.3 Å². The van der Waals surface area contributed by atoms with Gasteiger partial charge in [0.2, 0.25) is 0 Å². The summed E-state index contributed by atoms with van der Waals surface area (Å²) in [6.45, 7) is 3.15. The van der Waals surface area contributed by atoms with Gasteiger partial charge in [-0.1, -0.05) is 6.07 Å². The molecule has 24 heavy (non-hydrogen) atoms. The summed E-state index contributed by atoms with van der Waals surface area (Å²) in [5.74, 6) is 0.688. The number of nitrogens with one attached hydrogen (secondary N) is 2. The molecule has 2 aromatic rings. The number of anilines is 1. The van der Waals surface area contributed by atoms with E-state index in [4.69, 9.17) is 9.47 Å². The summed E-state index contributed by atoms with van der Waals surface area (Å²) < 4.78 is 11.3. The quantitative estimate of drug-likeness (QED) is 0.840. The number of hydrogen-bond donors (Lipinski definition) is 2. The molecule has 1 aromatic carbocycles. The Morgan fingerprint density at radius 1 is 1.54 bits per heavy atom. The van der Waals surface area contributed by atoms with Crippen molar-refractivity contribution in [2.45, 2.75) is 38.5 Å². The molecule has 0 saturated carbocycles. The molecule has 0 unspecified atom stereocenters. The molecule has 7 heteroatoms. The van der Waals surface area contributed by atoms with Crippen molar-refractivity contribution in [3.05, 3.63) is 40.8 Å². The van der Waals surface area contributed by atoms with Crippen LogP contribution in [0.1, 0.15) is 25.5 Å². The fourth-order valence-corrected chi connectivity index (χ4v) is 3.14. The van der Waals surface area contributed by atoms with Gasteiger partial charge in [0.25, 0.3) is 0 Å². The van der Waals surface area contributed by atoms with Crippen molar-refractivity contribution >= 4 is 23.1 Å². The second-order valence-electron chi connectivity index (χ2n) is 5.73. The van der Waals surface area contributed by atoms with E-state index < -0.39 is 0 Å². The minimum atomic E-state index is -0.241. The number of carbonyl (C=O) groups excluding carboxylic acids is 1. The summed E-state index contributed by atoms with van der Waals surface area (Å²) in [4.78, 5) is 16.3. The monoisotopic (exact) mass is 347 g/mol. The molecule has 0 spiro atoms. The van der Waals surface area contributed by atoms with E-state index in [1.54, 1.807) is 11.6 Å². The Morgan fingerprint density at radius 2 is 2.46 bits per heavy atom. The van der Waals surface area contributed by atoms with Crippen molar-refractivity contribution in [1.29, 1.82) is 0 Å². The molecule has 3 rings (SSSR count). The Balaban J connectivity index is 1.50. The van der Waals surface area contributed by atoms with Crippen LogP contribution in [0.5, 0.6) is 5.75 Å². The average Bonchev–Trinajstić information content (AvgIpc) is 3.27. The first-order valence-corrected chi connectivity index (χ1v) is 8.94. The summed E-state index contributed by atoms with van der Waals surface area (Å²) in [7, 11) is 0. The third-order valence-electron chi connectivity index (χ3n) is 3.84. The predicted octanol–water partition coefficient (Wildman–Crippen LogP) is 3.41. The van der Waals surface area contributed by atoms with Gasteiger partial charge in [-0.3, -0.25) is 0 Å². The van der Waals surface area contributed by atoms with E-state index in [0.717, 1.165) is 25.1 Å². The molecular formula is C17H21N3O3S. The average molecular weight is 347 g/mol. The third kappa shape index (κ3) is 4.69. The predicted molar refractivity (Wildman–Crippen MR) is 93.5 cm³/mol. The highest BCUT2D eigenvalue weighted by Crippen LogP contribution is 2.19. The molecule has 128 valence electrons. The highest BCUT2D eigenvalue weighted by Gasteiger charge is 2.23. The first-order chi connectivity index (χ1) is 11.7. The van der Waals surface area contributed by atoms with Crippen molar-refractivity contribution in [2.24, 2.45) is 0 Å². The lowest BCUT2D eigenvalue weighted by atomic mass is 10.1. The Bertz CT molecular complexity index is 657. The molecule has 1 saturated heterocycles. The summed E-state index contributed by atoms with van der Waals surface area (Å²) >= 11 is 1.54. The van der Waals surface area contributed by atoms with Crippen LogP contribution in [0.15, 0.2) is 35.2 Å². The highest BCUT2D eigenvalue weighted by molar-refractivity contribution is 7.07. The lowest BCUT2D eigenvalue weighted by Gasteiger charge is -2.20. The van der Waals surface area contributed by atoms with Crippen LogP contribution in [0.4, 0.5) is 10.5 Å². The van der Waals surface area contributed by atoms with Crippen molar-refractivity contribution < 1.29 is 14.3 Å². The van der Waals surface area contributed by atoms with Gasteiger partial charge in [-0.2, -0.15) is 0 Å². The molecule has 2 amide bonds. The van der Waals surface area contributed by atoms with Gasteiger partial charge in [0, 0.05) is 23.7 Å². The van der Waals surface area contributed by atoms with Crippen LogP contribution in [0.3, 0.4) is 0 Å². The molecule has 1 aliphatic heterocycles. The second-order valence-corrected chi connectivity index (χ2v) is 6.45. The third-order valence-corrected chi connectivity index (χ3v) is 4.48. The maximum absolute atomic E-state index is 12.1. The molecule has 1 aromatic heterocycles. The van der Waals surface area contributed by atoms with Crippen molar-refractivity contribution in [3.8, 4) is 5.75 Å². The van der Waals surface area contributed by atoms with E-state index in [1.165, 1.54) is 11.3 Å². The SMILES string of the molecule is C[C@H](NC(=O)Nc1cccc(OCc2cscn2)c1)[C@@H]1CCCO1. The van der Waals surface area contributed by atoms with E-state index in [1.807, 2.05) is 30.5 Å². The number of urea groups is 1. The first-order valence-electron chi connectivity index (χ1n) is 8.00. The molecule has 2 heterocycles. The zero-order chi connectivity index (χ0) is 16.8. The maximum Gasteiger partial charge on any atom is 0.319 e. The number of rotatable bonds is 6. The summed E-state index contributed by atoms with van der Waals surface area (Å²) in [6.07, 6.45) is 2.14. The van der Waals surface area contributed by atoms with Gasteiger partial charge in [-0.25, -0.2) is 9.78 Å². The normalized spacial score (nSPS) is 18.1. The van der Waals surface area contributed by atoms with E-state index in [-0.39, 0.29) is 18.2 Å². The van der Waals surface area contributed by atoms with Crippen LogP contribution in [-0.2, 0) is 11.3 Å². The number of hydrogen-bond acceptors (Lipinski definition) is 5. The van der Waals surface area contributed by atoms with Gasteiger partial charge in [-0.15, -0.1) is 11.3 Å². The van der Waals surface area contributed by atoms with E-state index >= 15 is 0 Å². The topological polar surface area (TPSA) is 72.5 Å². The molecule has 6 nitrogen and oxygen atoms in total. The van der Waals surface area contributed by atoms with E-state index in [0.29, 0.717) is 18.0 Å². The number of carbonyl (C=O) groups is 1. The molecule has 0 radical (unpaired) electrons. The fraction of sp³-hybridized carbons (Fsp3) is 0.412. The summed E-state index contributed by atoms with van der Waals surface area (Å²) in [6, 6.07) is 7.06. The van der Waals surface area contributed by atoms with Crippen LogP contribution in [0.25, 0.3) is 0 Å². The fourth-order valence-electron chi connectivity index (χ4n) is 2.59. The largest absolute Gasteiger partial charge is 0.487 e. The molecule has 2 N–H and O–H groups in total. The minimum absolute atomic E-state index is 0.0170. The first kappa shape index (κ1) is 16.7. The lowest BCUT2D eigenvalue weighted by Crippen LogP contribution is -2.42. The Hall–Kier alpha value is -2.12. The van der Waals surface area contributed by atoms with Gasteiger partial charge in [0.1, 0.15) is 12.4 Å². The standard InChI is InChI=1S/C17H21N3O3S/c1-12(16-6-3-7-22-16)19-17(21)20-13-4-2-5-15(8-13)23-9-14-10-24-11-18-14/h2,4-5,8,10-12,16H,3,6-7,9H2,1H3,(H2,19,20,21)/t12-,16-/m0/s1. The van der Waals surface area contributed by atoms with Gasteiger partial charge >= 0.3 is 6.03 Å². The minimum Gasteiger partial charge on any atom is -0.487 e. The number of amides is 2. The van der Waals surface area contributed by atoms with Gasteiger partial charge < -0.3 is 20.1 Å². The molecule has 2 atom stereocenters. The number of aromatic nitrogens is 1. The van der Waals surface area contributed by atoms with Crippen LogP contribution in [0, 0.1) is 0 Å². The van der Waals surface area contributed by atoms with Crippen molar-refractivity contribution in [3.63, 3.8) is 0 Å². The zero-order valence-electron chi connectivity index (χ0n) is 13.5. The van der Waals surface area contributed by atoms with Gasteiger partial charge in [0.05, 0.1) is 23.4 Å². The van der Waals surface area contributed by atoms with Gasteiger partial charge in [-0.05, 0) is 31.9 Å². The Labute approximate surface area is 145 Å². The summed E-state index contributed by atoms with van der Waals surface area (Å²) in [5.41, 5.74) is 3.35. The molecular weight excluding hydrogens is 326 g/mol. The molecule has 1 aliphatic rings. The van der Waals surface area contributed by atoms with Crippen LogP contribution in [0.2, 0.25) is 0 Å². The smallest absolute Gasteiger partial charge is 0.319 e. The number of thiazole rings is 1. The van der Waals surface area contributed by atoms with Crippen LogP contribution in [-0.4, -0.2) is 29.8 Å². The highest BCUT2D eigenvalue weighted by atomic mass is 32.1. The molecule has 1 fully saturated rings. The molecule has 0 aliphatic carbocycles. The van der Waals surface area contributed by atoms with Crippen molar-refractivity contribution in [2.75, 3.05) is 11.9 Å². The van der Waals surface area contributed by atoms with Crippen LogP contribution >= 0.6 is 11.3 Å². The second kappa shape index (κ2) is 8.12. The summed E-state index contributed by atoms with van der Waals surface area (Å²) in [5, 5.41) is 7.70. The Kier molecular flexibility index (Phi) is 5.66. The zero-order valence-corrected chi connectivity index (χ0v) is 14.3. The maximum atomic E-state index is 12.1. The lowest BCUT2D eigenvalue weighted by molar-refractivity contribution is 0.0868. The number of benzene rings is 1. The number of nitrogens with zero attached hydrogens (tertiary/aromatic N) is 1.